The summed E-state index contributed by atoms with van der Waals surface area (Å²) < 4.78 is 31.1. The number of pyridine rings is 1. The molecule has 0 aliphatic carbocycles. The molecule has 148 valence electrons. The van der Waals surface area contributed by atoms with Crippen molar-refractivity contribution >= 4 is 23.3 Å². The van der Waals surface area contributed by atoms with Gasteiger partial charge < -0.3 is 0 Å². The molecule has 0 bridgehead atoms. The van der Waals surface area contributed by atoms with Crippen LogP contribution in [0.3, 0.4) is 0 Å². The summed E-state index contributed by atoms with van der Waals surface area (Å²) in [4.78, 5) is 19.6. The Hall–Kier alpha value is -3.20. The summed E-state index contributed by atoms with van der Waals surface area (Å²) in [6.45, 7) is 4.46. The molecule has 0 amide bonds. The Bertz CT molecular complexity index is 1340. The van der Waals surface area contributed by atoms with Crippen LogP contribution in [0.5, 0.6) is 0 Å². The predicted octanol–water partition coefficient (Wildman–Crippen LogP) is 4.57. The van der Waals surface area contributed by atoms with Crippen LogP contribution < -0.4 is 5.56 Å². The van der Waals surface area contributed by atoms with E-state index >= 15 is 0 Å². The van der Waals surface area contributed by atoms with Gasteiger partial charge in [0, 0.05) is 23.9 Å². The number of nitrogens with one attached hydrogen (secondary N) is 1. The van der Waals surface area contributed by atoms with Gasteiger partial charge in [0.1, 0.15) is 0 Å². The molecule has 4 rings (SSSR count). The maximum absolute atomic E-state index is 13.9. The molecule has 1 aromatic carbocycles. The number of rotatable bonds is 4. The third-order valence-corrected chi connectivity index (χ3v) is 4.93. The summed E-state index contributed by atoms with van der Waals surface area (Å²) in [7, 11) is 0. The van der Waals surface area contributed by atoms with Crippen molar-refractivity contribution < 1.29 is 8.78 Å². The van der Waals surface area contributed by atoms with Gasteiger partial charge in [-0.3, -0.25) is 19.0 Å². The van der Waals surface area contributed by atoms with E-state index in [2.05, 4.69) is 15.1 Å². The van der Waals surface area contributed by atoms with E-state index in [-0.39, 0.29) is 15.8 Å². The lowest BCUT2D eigenvalue weighted by molar-refractivity contribution is 0.153. The minimum atomic E-state index is -2.86. The molecule has 3 aromatic heterocycles. The normalized spacial score (nSPS) is 11.5. The monoisotopic (exact) mass is 413 g/mol. The number of aromatic nitrogens is 5. The number of aromatic amines is 1. The lowest BCUT2D eigenvalue weighted by atomic mass is 10.1. The Morgan fingerprint density at radius 1 is 1.28 bits per heavy atom. The first-order chi connectivity index (χ1) is 13.9. The van der Waals surface area contributed by atoms with Crippen molar-refractivity contribution in [1.82, 2.24) is 24.3 Å². The van der Waals surface area contributed by atoms with Crippen LogP contribution in [-0.2, 0) is 6.54 Å². The summed E-state index contributed by atoms with van der Waals surface area (Å²) in [5.74, 6) is 0. The Kier molecular flexibility index (Phi) is 4.83. The van der Waals surface area contributed by atoms with Gasteiger partial charge in [-0.25, -0.2) is 13.8 Å². The van der Waals surface area contributed by atoms with Gasteiger partial charge in [0.15, 0.2) is 10.4 Å². The molecule has 0 aliphatic heterocycles. The van der Waals surface area contributed by atoms with Crippen molar-refractivity contribution in [3.8, 4) is 16.9 Å². The predicted molar refractivity (Wildman–Crippen MR) is 109 cm³/mol. The van der Waals surface area contributed by atoms with E-state index in [1.165, 1.54) is 10.6 Å². The number of hydrogen-bond donors (Lipinski definition) is 1. The fourth-order valence-electron chi connectivity index (χ4n) is 3.25. The number of hydrogen-bond acceptors (Lipinski definition) is 4. The van der Waals surface area contributed by atoms with Gasteiger partial charge >= 0.3 is 0 Å². The molecule has 1 N–H and O–H groups in total. The van der Waals surface area contributed by atoms with Crippen molar-refractivity contribution in [2.24, 2.45) is 0 Å². The molecule has 0 spiro atoms. The van der Waals surface area contributed by atoms with Crippen molar-refractivity contribution in [2.45, 2.75) is 26.8 Å². The zero-order valence-electron chi connectivity index (χ0n) is 15.7. The van der Waals surface area contributed by atoms with Gasteiger partial charge in [-0.15, -0.1) is 0 Å². The first-order valence-electron chi connectivity index (χ1n) is 8.97. The van der Waals surface area contributed by atoms with Gasteiger partial charge in [0.05, 0.1) is 23.0 Å². The zero-order valence-corrected chi connectivity index (χ0v) is 16.5. The molecule has 6 nitrogen and oxygen atoms in total. The van der Waals surface area contributed by atoms with Crippen LogP contribution in [0.25, 0.3) is 28.0 Å². The van der Waals surface area contributed by atoms with E-state index in [1.807, 2.05) is 32.0 Å². The molecule has 0 radical (unpaired) electrons. The van der Waals surface area contributed by atoms with Gasteiger partial charge in [0.25, 0.3) is 12.0 Å². The van der Waals surface area contributed by atoms with E-state index in [4.69, 9.17) is 12.2 Å². The summed E-state index contributed by atoms with van der Waals surface area (Å²) in [6.07, 6.45) is 0.428. The highest BCUT2D eigenvalue weighted by Crippen LogP contribution is 2.30. The van der Waals surface area contributed by atoms with E-state index in [9.17, 15) is 13.6 Å². The molecule has 0 saturated heterocycles. The summed E-state index contributed by atoms with van der Waals surface area (Å²) in [5, 5.41) is 4.01. The van der Waals surface area contributed by atoms with Gasteiger partial charge in [-0.1, -0.05) is 12.1 Å². The third-order valence-electron chi connectivity index (χ3n) is 4.64. The second kappa shape index (κ2) is 7.32. The molecule has 9 heteroatoms. The highest BCUT2D eigenvalue weighted by molar-refractivity contribution is 7.71. The van der Waals surface area contributed by atoms with Crippen LogP contribution in [0.4, 0.5) is 8.78 Å². The number of alkyl halides is 2. The van der Waals surface area contributed by atoms with E-state index < -0.39 is 17.5 Å². The molecular weight excluding hydrogens is 396 g/mol. The molecule has 0 saturated carbocycles. The number of nitrogens with zero attached hydrogens (tertiary/aromatic N) is 4. The van der Waals surface area contributed by atoms with Crippen LogP contribution in [0.1, 0.15) is 24.5 Å². The Balaban J connectivity index is 2.13. The van der Waals surface area contributed by atoms with Crippen molar-refractivity contribution in [3.63, 3.8) is 0 Å². The van der Waals surface area contributed by atoms with Crippen LogP contribution in [0, 0.1) is 11.7 Å². The summed E-state index contributed by atoms with van der Waals surface area (Å²) in [6, 6.07) is 8.60. The van der Waals surface area contributed by atoms with Crippen LogP contribution in [0.2, 0.25) is 0 Å². The maximum atomic E-state index is 13.9. The standard InChI is InChI=1S/C20H17F2N5OS/c1-3-26-10-12(9-23-26)15-8-14(17(21)22)16-18(24-15)27(20(29)25-19(16)28)13-6-4-5-11(2)7-13/h4-10,17H,3H2,1-2H3,(H,25,28,29). The van der Waals surface area contributed by atoms with Gasteiger partial charge in [-0.2, -0.15) is 5.10 Å². The molecule has 0 unspecified atom stereocenters. The van der Waals surface area contributed by atoms with Crippen LogP contribution in [-0.4, -0.2) is 24.3 Å². The second-order valence-electron chi connectivity index (χ2n) is 6.61. The smallest absolute Gasteiger partial charge is 0.264 e. The quantitative estimate of drug-likeness (QED) is 0.498. The lowest BCUT2D eigenvalue weighted by Gasteiger charge is -2.14. The van der Waals surface area contributed by atoms with E-state index in [0.29, 0.717) is 23.5 Å². The van der Waals surface area contributed by atoms with Crippen molar-refractivity contribution in [2.75, 3.05) is 0 Å². The minimum absolute atomic E-state index is 0.0846. The minimum Gasteiger partial charge on any atom is -0.298 e. The number of aryl methyl sites for hydroxylation is 2. The molecule has 4 aromatic rings. The fourth-order valence-corrected chi connectivity index (χ4v) is 3.54. The summed E-state index contributed by atoms with van der Waals surface area (Å²) in [5.41, 5.74) is 1.47. The highest BCUT2D eigenvalue weighted by Gasteiger charge is 2.21. The average molecular weight is 413 g/mol. The number of H-pyrrole nitrogens is 1. The highest BCUT2D eigenvalue weighted by atomic mass is 32.1. The molecule has 29 heavy (non-hydrogen) atoms. The first-order valence-corrected chi connectivity index (χ1v) is 9.38. The molecule has 0 atom stereocenters. The largest absolute Gasteiger partial charge is 0.298 e. The topological polar surface area (TPSA) is 68.5 Å². The number of fused-ring (bicyclic) bond motifs is 1. The van der Waals surface area contributed by atoms with Crippen LogP contribution in [0.15, 0.2) is 47.5 Å². The zero-order chi connectivity index (χ0) is 20.7. The van der Waals surface area contributed by atoms with Gasteiger partial charge in [0.2, 0.25) is 0 Å². The molecule has 0 aliphatic rings. The Labute approximate surface area is 169 Å². The third kappa shape index (κ3) is 3.38. The molecular formula is C20H17F2N5OS. The van der Waals surface area contributed by atoms with E-state index in [0.717, 1.165) is 5.56 Å². The fraction of sp³-hybridized carbons (Fsp3) is 0.200. The Morgan fingerprint density at radius 2 is 2.07 bits per heavy atom. The SMILES string of the molecule is CCn1cc(-c2cc(C(F)F)c3c(=O)[nH]c(=S)n(-c4cccc(C)c4)c3n2)cn1. The molecule has 3 heterocycles. The van der Waals surface area contributed by atoms with Gasteiger partial charge in [-0.05, 0) is 49.8 Å². The first kappa shape index (κ1) is 19.1. The average Bonchev–Trinajstić information content (AvgIpc) is 3.16. The van der Waals surface area contributed by atoms with Crippen LogP contribution >= 0.6 is 12.2 Å². The van der Waals surface area contributed by atoms with Crippen molar-refractivity contribution in [1.29, 1.82) is 0 Å². The summed E-state index contributed by atoms with van der Waals surface area (Å²) >= 11 is 5.35. The number of halogens is 2. The lowest BCUT2D eigenvalue weighted by Crippen LogP contribution is -2.17. The van der Waals surface area contributed by atoms with E-state index in [1.54, 1.807) is 23.1 Å². The second-order valence-corrected chi connectivity index (χ2v) is 7.00. The number of benzene rings is 1. The molecule has 0 fully saturated rings. The maximum Gasteiger partial charge on any atom is 0.264 e. The Morgan fingerprint density at radius 3 is 2.72 bits per heavy atom. The van der Waals surface area contributed by atoms with Crippen molar-refractivity contribution in [3.05, 3.63) is 69.0 Å².